The Hall–Kier alpha value is -1.67. The summed E-state index contributed by atoms with van der Waals surface area (Å²) in [4.78, 5) is 4.25. The van der Waals surface area contributed by atoms with Gasteiger partial charge in [-0.05, 0) is 47.2 Å². The molecule has 2 nitrogen and oxygen atoms in total. The summed E-state index contributed by atoms with van der Waals surface area (Å²) in [6.07, 6.45) is 4.85. The number of nitrogens with zero attached hydrogens (tertiary/aromatic N) is 1. The van der Waals surface area contributed by atoms with Gasteiger partial charge < -0.3 is 5.32 Å². The van der Waals surface area contributed by atoms with Crippen molar-refractivity contribution in [1.82, 2.24) is 10.3 Å². The Labute approximate surface area is 128 Å². The first-order chi connectivity index (χ1) is 9.97. The van der Waals surface area contributed by atoms with Gasteiger partial charge in [0.2, 0.25) is 0 Å². The fraction of sp³-hybridized carbons (Fsp3) is 0.421. The van der Waals surface area contributed by atoms with E-state index in [0.29, 0.717) is 0 Å². The molecule has 2 rings (SSSR count). The number of aromatic nitrogens is 1. The topological polar surface area (TPSA) is 24.9 Å². The molecule has 0 saturated heterocycles. The quantitative estimate of drug-likeness (QED) is 0.906. The molecule has 2 aromatic rings. The van der Waals surface area contributed by atoms with Crippen LogP contribution >= 0.6 is 0 Å². The third-order valence-corrected chi connectivity index (χ3v) is 4.03. The Kier molecular flexibility index (Phi) is 4.79. The monoisotopic (exact) mass is 282 g/mol. The van der Waals surface area contributed by atoms with Gasteiger partial charge in [-0.25, -0.2) is 0 Å². The van der Waals surface area contributed by atoms with E-state index in [2.05, 4.69) is 68.3 Å². The highest BCUT2D eigenvalue weighted by atomic mass is 14.9. The number of aryl methyl sites for hydroxylation is 1. The average Bonchev–Trinajstić information content (AvgIpc) is 2.48. The van der Waals surface area contributed by atoms with Gasteiger partial charge in [0.25, 0.3) is 0 Å². The van der Waals surface area contributed by atoms with Crippen molar-refractivity contribution in [3.63, 3.8) is 0 Å². The van der Waals surface area contributed by atoms with Crippen LogP contribution in [0.2, 0.25) is 0 Å². The van der Waals surface area contributed by atoms with Crippen molar-refractivity contribution in [2.45, 2.75) is 45.6 Å². The Balaban J connectivity index is 2.38. The van der Waals surface area contributed by atoms with Crippen LogP contribution < -0.4 is 5.32 Å². The van der Waals surface area contributed by atoms with Crippen LogP contribution in [0.15, 0.2) is 42.7 Å². The van der Waals surface area contributed by atoms with Gasteiger partial charge in [-0.2, -0.15) is 0 Å². The summed E-state index contributed by atoms with van der Waals surface area (Å²) < 4.78 is 0. The van der Waals surface area contributed by atoms with Crippen LogP contribution in [-0.4, -0.2) is 12.0 Å². The molecule has 1 heterocycles. The third kappa shape index (κ3) is 3.51. The number of benzene rings is 1. The van der Waals surface area contributed by atoms with Gasteiger partial charge in [0.15, 0.2) is 0 Å². The van der Waals surface area contributed by atoms with Crippen molar-refractivity contribution in [3.8, 4) is 0 Å². The first-order valence-electron chi connectivity index (χ1n) is 7.68. The molecule has 1 N–H and O–H groups in total. The second kappa shape index (κ2) is 6.40. The zero-order valence-corrected chi connectivity index (χ0v) is 13.8. The van der Waals surface area contributed by atoms with Crippen LogP contribution in [0.4, 0.5) is 0 Å². The van der Waals surface area contributed by atoms with Crippen molar-refractivity contribution in [2.24, 2.45) is 0 Å². The molecule has 0 aliphatic carbocycles. The molecule has 0 bridgehead atoms. The Bertz CT molecular complexity index is 579. The second-order valence-corrected chi connectivity index (χ2v) is 6.52. The summed E-state index contributed by atoms with van der Waals surface area (Å²) in [5.74, 6) is 0. The lowest BCUT2D eigenvalue weighted by Crippen LogP contribution is -2.20. The molecule has 0 amide bonds. The molecular weight excluding hydrogens is 256 g/mol. The van der Waals surface area contributed by atoms with E-state index < -0.39 is 0 Å². The van der Waals surface area contributed by atoms with Crippen molar-refractivity contribution >= 4 is 0 Å². The van der Waals surface area contributed by atoms with E-state index in [4.69, 9.17) is 0 Å². The van der Waals surface area contributed by atoms with Crippen LogP contribution in [0.5, 0.6) is 0 Å². The standard InChI is InChI=1S/C19H26N2/c1-6-14-13-21-12-11-17(14)18(20-5)15-7-9-16(10-8-15)19(2,3)4/h7-13,18,20H,6H2,1-5H3. The molecule has 0 spiro atoms. The highest BCUT2D eigenvalue weighted by molar-refractivity contribution is 5.38. The molecule has 21 heavy (non-hydrogen) atoms. The van der Waals surface area contributed by atoms with Crippen LogP contribution in [0.25, 0.3) is 0 Å². The predicted octanol–water partition coefficient (Wildman–Crippen LogP) is 4.25. The van der Waals surface area contributed by atoms with Gasteiger partial charge in [-0.1, -0.05) is 52.0 Å². The first kappa shape index (κ1) is 15.7. The molecule has 1 unspecified atom stereocenters. The number of rotatable bonds is 4. The smallest absolute Gasteiger partial charge is 0.0578 e. The van der Waals surface area contributed by atoms with E-state index in [0.717, 1.165) is 6.42 Å². The maximum Gasteiger partial charge on any atom is 0.0578 e. The van der Waals surface area contributed by atoms with E-state index in [1.807, 2.05) is 19.4 Å². The van der Waals surface area contributed by atoms with Gasteiger partial charge in [0.1, 0.15) is 0 Å². The lowest BCUT2D eigenvalue weighted by molar-refractivity contribution is 0.589. The molecule has 0 fully saturated rings. The van der Waals surface area contributed by atoms with Crippen LogP contribution in [0, 0.1) is 0 Å². The molecule has 1 atom stereocenters. The van der Waals surface area contributed by atoms with Crippen LogP contribution in [-0.2, 0) is 11.8 Å². The molecule has 0 saturated carbocycles. The lowest BCUT2D eigenvalue weighted by Gasteiger charge is -2.23. The predicted molar refractivity (Wildman–Crippen MR) is 89.7 cm³/mol. The SMILES string of the molecule is CCc1cnccc1C(NC)c1ccc(C(C)(C)C)cc1. The first-order valence-corrected chi connectivity index (χ1v) is 7.68. The zero-order valence-electron chi connectivity index (χ0n) is 13.8. The Morgan fingerprint density at radius 1 is 1.10 bits per heavy atom. The van der Waals surface area contributed by atoms with Gasteiger partial charge in [-0.15, -0.1) is 0 Å². The van der Waals surface area contributed by atoms with E-state index in [-0.39, 0.29) is 11.5 Å². The molecular formula is C19H26N2. The zero-order chi connectivity index (χ0) is 15.5. The summed E-state index contributed by atoms with van der Waals surface area (Å²) in [6, 6.07) is 11.3. The summed E-state index contributed by atoms with van der Waals surface area (Å²) >= 11 is 0. The van der Waals surface area contributed by atoms with Crippen molar-refractivity contribution < 1.29 is 0 Å². The van der Waals surface area contributed by atoms with Gasteiger partial charge in [-0.3, -0.25) is 4.98 Å². The molecule has 1 aromatic carbocycles. The van der Waals surface area contributed by atoms with Crippen molar-refractivity contribution in [2.75, 3.05) is 7.05 Å². The maximum absolute atomic E-state index is 4.25. The number of pyridine rings is 1. The fourth-order valence-corrected chi connectivity index (χ4v) is 2.69. The van der Waals surface area contributed by atoms with E-state index >= 15 is 0 Å². The molecule has 2 heteroatoms. The number of hydrogen-bond donors (Lipinski definition) is 1. The van der Waals surface area contributed by atoms with Gasteiger partial charge in [0.05, 0.1) is 6.04 Å². The van der Waals surface area contributed by atoms with Crippen molar-refractivity contribution in [1.29, 1.82) is 0 Å². The highest BCUT2D eigenvalue weighted by Crippen LogP contribution is 2.28. The average molecular weight is 282 g/mol. The summed E-state index contributed by atoms with van der Waals surface area (Å²) in [5, 5.41) is 3.44. The minimum Gasteiger partial charge on any atom is -0.309 e. The lowest BCUT2D eigenvalue weighted by atomic mass is 9.85. The largest absolute Gasteiger partial charge is 0.309 e. The summed E-state index contributed by atoms with van der Waals surface area (Å²) in [5.41, 5.74) is 5.48. The molecule has 0 radical (unpaired) electrons. The molecule has 0 aliphatic heterocycles. The van der Waals surface area contributed by atoms with E-state index in [9.17, 15) is 0 Å². The van der Waals surface area contributed by atoms with E-state index in [1.165, 1.54) is 22.3 Å². The maximum atomic E-state index is 4.25. The van der Waals surface area contributed by atoms with Crippen LogP contribution in [0.3, 0.4) is 0 Å². The highest BCUT2D eigenvalue weighted by Gasteiger charge is 2.17. The van der Waals surface area contributed by atoms with Gasteiger partial charge >= 0.3 is 0 Å². The minimum absolute atomic E-state index is 0.193. The Morgan fingerprint density at radius 2 is 1.76 bits per heavy atom. The summed E-state index contributed by atoms with van der Waals surface area (Å²) in [7, 11) is 2.02. The van der Waals surface area contributed by atoms with Crippen LogP contribution in [0.1, 0.15) is 56.0 Å². The molecule has 1 aromatic heterocycles. The summed E-state index contributed by atoms with van der Waals surface area (Å²) in [6.45, 7) is 8.91. The normalized spacial score (nSPS) is 13.2. The van der Waals surface area contributed by atoms with E-state index in [1.54, 1.807) is 0 Å². The third-order valence-electron chi connectivity index (χ3n) is 4.03. The fourth-order valence-electron chi connectivity index (χ4n) is 2.69. The second-order valence-electron chi connectivity index (χ2n) is 6.52. The van der Waals surface area contributed by atoms with Crippen molar-refractivity contribution in [3.05, 3.63) is 65.0 Å². The number of hydrogen-bond acceptors (Lipinski definition) is 2. The molecule has 0 aliphatic rings. The Morgan fingerprint density at radius 3 is 2.29 bits per heavy atom. The number of nitrogens with one attached hydrogen (secondary N) is 1. The molecule has 112 valence electrons. The minimum atomic E-state index is 0.193. The van der Waals surface area contributed by atoms with Gasteiger partial charge in [0, 0.05) is 12.4 Å².